The number of aromatic amines is 1. The zero-order chi connectivity index (χ0) is 31.5. The molecule has 2 aliphatic rings. The Labute approximate surface area is 267 Å². The number of hydrogen-bond acceptors (Lipinski definition) is 6. The van der Waals surface area contributed by atoms with Crippen molar-refractivity contribution >= 4 is 45.8 Å². The second-order valence-corrected chi connectivity index (χ2v) is 12.5. The molecule has 4 aromatic rings. The Morgan fingerprint density at radius 3 is 2.42 bits per heavy atom. The highest BCUT2D eigenvalue weighted by Crippen LogP contribution is 2.30. The SMILES string of the molecule is CCc1cc(C[C@@H](CC(=O)N2CCC(n3c(=O)[nH]c4ccccc43)CC2)C(=O)N2CCN(c3ccncc3)CC2)cc(Cl)c1N. The predicted molar refractivity (Wildman–Crippen MR) is 177 cm³/mol. The van der Waals surface area contributed by atoms with Gasteiger partial charge in [0.15, 0.2) is 0 Å². The smallest absolute Gasteiger partial charge is 0.326 e. The maximum Gasteiger partial charge on any atom is 0.326 e. The molecule has 0 saturated carbocycles. The lowest BCUT2D eigenvalue weighted by molar-refractivity contribution is -0.142. The van der Waals surface area contributed by atoms with Crippen LogP contribution in [0.25, 0.3) is 11.0 Å². The van der Waals surface area contributed by atoms with Crippen molar-refractivity contribution in [3.05, 3.63) is 87.6 Å². The Hall–Kier alpha value is -4.31. The average molecular weight is 630 g/mol. The van der Waals surface area contributed by atoms with E-state index in [2.05, 4.69) is 14.9 Å². The number of imidazole rings is 1. The molecular formula is C34H40ClN7O3. The standard InChI is InChI=1S/C34H40ClN7O3/c1-2-24-19-23(21-28(35)32(24)36)20-25(33(44)41-17-15-39(16-18-41)26-7-11-37-12-8-26)22-31(43)40-13-9-27(10-14-40)42-30-6-4-3-5-29(30)38-34(42)45/h3-8,11-12,19,21,25,27H,2,9-10,13-18,20,22,36H2,1H3,(H,38,45)/t25-/m0/s1. The topological polar surface area (TPSA) is 121 Å². The maximum absolute atomic E-state index is 14.1. The number of anilines is 2. The van der Waals surface area contributed by atoms with Gasteiger partial charge in [-0.3, -0.25) is 19.1 Å². The number of benzene rings is 2. The summed E-state index contributed by atoms with van der Waals surface area (Å²) in [5, 5.41) is 0.474. The lowest BCUT2D eigenvalue weighted by Gasteiger charge is -2.38. The van der Waals surface area contributed by atoms with Gasteiger partial charge in [-0.25, -0.2) is 4.79 Å². The Morgan fingerprint density at radius 2 is 1.71 bits per heavy atom. The van der Waals surface area contributed by atoms with Crippen LogP contribution in [0, 0.1) is 5.92 Å². The van der Waals surface area contributed by atoms with Crippen molar-refractivity contribution in [2.45, 2.75) is 45.1 Å². The number of fused-ring (bicyclic) bond motifs is 1. The number of aromatic nitrogens is 3. The molecule has 2 amide bonds. The number of piperidine rings is 1. The van der Waals surface area contributed by atoms with Gasteiger partial charge in [0.05, 0.1) is 27.7 Å². The molecule has 236 valence electrons. The number of para-hydroxylation sites is 2. The van der Waals surface area contributed by atoms with E-state index in [1.807, 2.05) is 69.8 Å². The first-order chi connectivity index (χ1) is 21.8. The summed E-state index contributed by atoms with van der Waals surface area (Å²) >= 11 is 6.48. The predicted octanol–water partition coefficient (Wildman–Crippen LogP) is 4.28. The number of nitrogens with two attached hydrogens (primary N) is 1. The molecular weight excluding hydrogens is 590 g/mol. The fraction of sp³-hybridized carbons (Fsp3) is 0.412. The van der Waals surface area contributed by atoms with Crippen LogP contribution in [0.15, 0.2) is 65.7 Å². The van der Waals surface area contributed by atoms with Gasteiger partial charge in [-0.2, -0.15) is 0 Å². The van der Waals surface area contributed by atoms with E-state index in [9.17, 15) is 14.4 Å². The summed E-state index contributed by atoms with van der Waals surface area (Å²) in [4.78, 5) is 53.6. The first kappa shape index (κ1) is 30.7. The van der Waals surface area contributed by atoms with E-state index in [0.717, 1.165) is 34.3 Å². The second kappa shape index (κ2) is 13.4. The quantitative estimate of drug-likeness (QED) is 0.281. The molecule has 2 aliphatic heterocycles. The van der Waals surface area contributed by atoms with E-state index >= 15 is 0 Å². The Morgan fingerprint density at radius 1 is 1.00 bits per heavy atom. The highest BCUT2D eigenvalue weighted by Gasteiger charge is 2.33. The van der Waals surface area contributed by atoms with Crippen molar-refractivity contribution in [2.24, 2.45) is 5.92 Å². The van der Waals surface area contributed by atoms with Gasteiger partial charge < -0.3 is 25.4 Å². The highest BCUT2D eigenvalue weighted by molar-refractivity contribution is 6.33. The van der Waals surface area contributed by atoms with E-state index in [1.165, 1.54) is 0 Å². The van der Waals surface area contributed by atoms with Gasteiger partial charge in [-0.15, -0.1) is 0 Å². The van der Waals surface area contributed by atoms with Crippen LogP contribution in [0.4, 0.5) is 11.4 Å². The summed E-state index contributed by atoms with van der Waals surface area (Å²) in [5.41, 5.74) is 11.3. The van der Waals surface area contributed by atoms with E-state index < -0.39 is 5.92 Å². The van der Waals surface area contributed by atoms with Crippen molar-refractivity contribution in [3.63, 3.8) is 0 Å². The number of carbonyl (C=O) groups is 2. The number of hydrogen-bond donors (Lipinski definition) is 2. The lowest BCUT2D eigenvalue weighted by Crippen LogP contribution is -2.51. The number of halogens is 1. The number of nitrogens with one attached hydrogen (secondary N) is 1. The second-order valence-electron chi connectivity index (χ2n) is 12.1. The van der Waals surface area contributed by atoms with Crippen molar-refractivity contribution in [1.29, 1.82) is 0 Å². The summed E-state index contributed by atoms with van der Waals surface area (Å²) in [6, 6.07) is 15.5. The fourth-order valence-electron chi connectivity index (χ4n) is 6.83. The van der Waals surface area contributed by atoms with E-state index in [0.29, 0.717) is 69.2 Å². The molecule has 4 heterocycles. The number of amides is 2. The van der Waals surface area contributed by atoms with Crippen molar-refractivity contribution < 1.29 is 9.59 Å². The molecule has 45 heavy (non-hydrogen) atoms. The van der Waals surface area contributed by atoms with Crippen LogP contribution >= 0.6 is 11.6 Å². The van der Waals surface area contributed by atoms with Crippen molar-refractivity contribution in [2.75, 3.05) is 49.9 Å². The number of nitrogens with zero attached hydrogens (tertiary/aromatic N) is 5. The molecule has 2 aromatic carbocycles. The van der Waals surface area contributed by atoms with Crippen LogP contribution in [0.3, 0.4) is 0 Å². The minimum Gasteiger partial charge on any atom is -0.397 e. The molecule has 3 N–H and O–H groups in total. The Kier molecular flexibility index (Phi) is 9.11. The van der Waals surface area contributed by atoms with E-state index in [1.54, 1.807) is 12.4 Å². The zero-order valence-electron chi connectivity index (χ0n) is 25.6. The third kappa shape index (κ3) is 6.56. The maximum atomic E-state index is 14.1. The number of pyridine rings is 1. The van der Waals surface area contributed by atoms with Gasteiger partial charge in [0.1, 0.15) is 0 Å². The molecule has 0 bridgehead atoms. The van der Waals surface area contributed by atoms with Crippen LogP contribution in [0.5, 0.6) is 0 Å². The molecule has 0 spiro atoms. The summed E-state index contributed by atoms with van der Waals surface area (Å²) in [6.07, 6.45) is 6.15. The largest absolute Gasteiger partial charge is 0.397 e. The van der Waals surface area contributed by atoms with E-state index in [4.69, 9.17) is 17.3 Å². The summed E-state index contributed by atoms with van der Waals surface area (Å²) < 4.78 is 1.82. The minimum absolute atomic E-state index is 0.0102. The molecule has 0 radical (unpaired) electrons. The molecule has 6 rings (SSSR count). The normalized spacial score (nSPS) is 16.7. The van der Waals surface area contributed by atoms with Gasteiger partial charge >= 0.3 is 5.69 Å². The number of carbonyl (C=O) groups excluding carboxylic acids is 2. The van der Waals surface area contributed by atoms with Crippen LogP contribution in [-0.2, 0) is 22.4 Å². The third-order valence-electron chi connectivity index (χ3n) is 9.33. The summed E-state index contributed by atoms with van der Waals surface area (Å²) in [6.45, 7) is 5.69. The summed E-state index contributed by atoms with van der Waals surface area (Å²) in [7, 11) is 0. The Bertz CT molecular complexity index is 1720. The van der Waals surface area contributed by atoms with Gasteiger partial charge in [0, 0.05) is 69.8 Å². The molecule has 0 aliphatic carbocycles. The molecule has 10 nitrogen and oxygen atoms in total. The number of likely N-dealkylation sites (tertiary alicyclic amines) is 1. The van der Waals surface area contributed by atoms with Crippen molar-refractivity contribution in [1.82, 2.24) is 24.3 Å². The van der Waals surface area contributed by atoms with Gasteiger partial charge in [0.25, 0.3) is 0 Å². The molecule has 2 saturated heterocycles. The monoisotopic (exact) mass is 629 g/mol. The number of nitrogen functional groups attached to an aromatic ring is 1. The number of rotatable bonds is 8. The number of piperazine rings is 1. The number of H-pyrrole nitrogens is 1. The van der Waals surface area contributed by atoms with Crippen LogP contribution in [0.1, 0.15) is 43.4 Å². The molecule has 11 heteroatoms. The zero-order valence-corrected chi connectivity index (χ0v) is 26.4. The van der Waals surface area contributed by atoms with Gasteiger partial charge in [-0.05, 0) is 67.1 Å². The van der Waals surface area contributed by atoms with Crippen LogP contribution < -0.4 is 16.3 Å². The minimum atomic E-state index is -0.525. The molecule has 2 fully saturated rings. The molecule has 0 unspecified atom stereocenters. The highest BCUT2D eigenvalue weighted by atomic mass is 35.5. The number of aryl methyl sites for hydroxylation is 1. The van der Waals surface area contributed by atoms with Gasteiger partial charge in [-0.1, -0.05) is 36.7 Å². The first-order valence-corrected chi connectivity index (χ1v) is 16.2. The fourth-order valence-corrected chi connectivity index (χ4v) is 7.09. The van der Waals surface area contributed by atoms with Crippen LogP contribution in [-0.4, -0.2) is 75.4 Å². The van der Waals surface area contributed by atoms with Crippen molar-refractivity contribution in [3.8, 4) is 0 Å². The third-order valence-corrected chi connectivity index (χ3v) is 9.65. The lowest BCUT2D eigenvalue weighted by atomic mass is 9.91. The van der Waals surface area contributed by atoms with Crippen LogP contribution in [0.2, 0.25) is 5.02 Å². The Balaban J connectivity index is 1.15. The molecule has 2 aromatic heterocycles. The first-order valence-electron chi connectivity index (χ1n) is 15.8. The van der Waals surface area contributed by atoms with Gasteiger partial charge in [0.2, 0.25) is 11.8 Å². The summed E-state index contributed by atoms with van der Waals surface area (Å²) in [5.74, 6) is -0.571. The average Bonchev–Trinajstić information content (AvgIpc) is 3.41. The van der Waals surface area contributed by atoms with E-state index in [-0.39, 0.29) is 30.0 Å². The molecule has 1 atom stereocenters.